The normalized spacial score (nSPS) is 10.5. The van der Waals surface area contributed by atoms with Crippen molar-refractivity contribution in [2.45, 2.75) is 6.54 Å². The number of rotatable bonds is 3. The van der Waals surface area contributed by atoms with Crippen molar-refractivity contribution >= 4 is 5.69 Å². The summed E-state index contributed by atoms with van der Waals surface area (Å²) < 4.78 is 52.2. The minimum atomic E-state index is -1.31. The number of anilines is 1. The maximum Gasteiger partial charge on any atom is 0.182 e. The topological polar surface area (TPSA) is 32.3 Å². The first-order chi connectivity index (χ1) is 8.97. The molecule has 0 aliphatic heterocycles. The highest BCUT2D eigenvalue weighted by molar-refractivity contribution is 5.46. The molecule has 0 bridgehead atoms. The zero-order valence-corrected chi connectivity index (χ0v) is 9.55. The molecule has 0 radical (unpaired) electrons. The molecule has 2 rings (SSSR count). The van der Waals surface area contributed by atoms with E-state index in [1.165, 1.54) is 6.07 Å². The van der Waals surface area contributed by atoms with Gasteiger partial charge in [-0.2, -0.15) is 0 Å². The monoisotopic (exact) mass is 271 g/mol. The molecule has 0 spiro atoms. The number of nitrogens with one attached hydrogen (secondary N) is 1. The van der Waals surface area contributed by atoms with Gasteiger partial charge in [0.25, 0.3) is 0 Å². The molecular weight excluding hydrogens is 262 g/mol. The highest BCUT2D eigenvalue weighted by atomic mass is 19.2. The number of hydrogen-bond donors (Lipinski definition) is 2. The summed E-state index contributed by atoms with van der Waals surface area (Å²) in [6, 6.07) is 4.81. The summed E-state index contributed by atoms with van der Waals surface area (Å²) >= 11 is 0. The summed E-state index contributed by atoms with van der Waals surface area (Å²) in [5.74, 6) is -4.77. The zero-order valence-electron chi connectivity index (χ0n) is 9.55. The van der Waals surface area contributed by atoms with E-state index in [1.54, 1.807) is 0 Å². The molecule has 2 aromatic carbocycles. The van der Waals surface area contributed by atoms with E-state index in [2.05, 4.69) is 5.32 Å². The van der Waals surface area contributed by atoms with Gasteiger partial charge >= 0.3 is 0 Å². The molecule has 0 aromatic heterocycles. The van der Waals surface area contributed by atoms with E-state index in [1.807, 2.05) is 0 Å². The van der Waals surface area contributed by atoms with E-state index in [0.29, 0.717) is 11.6 Å². The number of hydrogen-bond acceptors (Lipinski definition) is 2. The van der Waals surface area contributed by atoms with Crippen LogP contribution in [0.4, 0.5) is 23.2 Å². The summed E-state index contributed by atoms with van der Waals surface area (Å²) in [5.41, 5.74) is 0.0327. The minimum absolute atomic E-state index is 0.0446. The van der Waals surface area contributed by atoms with Gasteiger partial charge < -0.3 is 10.4 Å². The predicted molar refractivity (Wildman–Crippen MR) is 61.7 cm³/mol. The summed E-state index contributed by atoms with van der Waals surface area (Å²) in [6.45, 7) is -0.0446. The molecule has 0 amide bonds. The van der Waals surface area contributed by atoms with Gasteiger partial charge in [-0.1, -0.05) is 6.07 Å². The molecule has 0 fully saturated rings. The molecule has 0 aliphatic rings. The van der Waals surface area contributed by atoms with Crippen molar-refractivity contribution in [1.29, 1.82) is 0 Å². The fourth-order valence-corrected chi connectivity index (χ4v) is 1.54. The van der Waals surface area contributed by atoms with Crippen LogP contribution in [-0.2, 0) is 6.54 Å². The zero-order chi connectivity index (χ0) is 14.0. The largest absolute Gasteiger partial charge is 0.505 e. The molecule has 19 heavy (non-hydrogen) atoms. The Morgan fingerprint density at radius 3 is 2.37 bits per heavy atom. The second-order valence-corrected chi connectivity index (χ2v) is 3.89. The molecule has 0 unspecified atom stereocenters. The SMILES string of the molecule is Oc1ccc(CNc2cc(F)cc(F)c2F)cc1F. The van der Waals surface area contributed by atoms with Crippen LogP contribution < -0.4 is 5.32 Å². The summed E-state index contributed by atoms with van der Waals surface area (Å²) in [4.78, 5) is 0. The maximum atomic E-state index is 13.3. The number of phenolic OH excluding ortho intramolecular Hbond substituents is 1. The van der Waals surface area contributed by atoms with Crippen molar-refractivity contribution in [3.05, 3.63) is 59.2 Å². The van der Waals surface area contributed by atoms with Gasteiger partial charge in [0, 0.05) is 18.7 Å². The smallest absolute Gasteiger partial charge is 0.182 e. The quantitative estimate of drug-likeness (QED) is 0.661. The molecule has 0 atom stereocenters. The Morgan fingerprint density at radius 2 is 1.68 bits per heavy atom. The van der Waals surface area contributed by atoms with E-state index in [-0.39, 0.29) is 12.2 Å². The maximum absolute atomic E-state index is 13.3. The minimum Gasteiger partial charge on any atom is -0.505 e. The summed E-state index contributed by atoms with van der Waals surface area (Å²) in [5, 5.41) is 11.4. The molecule has 6 heteroatoms. The molecule has 0 aliphatic carbocycles. The van der Waals surface area contributed by atoms with E-state index >= 15 is 0 Å². The van der Waals surface area contributed by atoms with Crippen LogP contribution in [0.15, 0.2) is 30.3 Å². The molecule has 0 saturated heterocycles. The van der Waals surface area contributed by atoms with E-state index in [4.69, 9.17) is 5.11 Å². The van der Waals surface area contributed by atoms with Crippen LogP contribution in [0.25, 0.3) is 0 Å². The van der Waals surface area contributed by atoms with Crippen LogP contribution in [-0.4, -0.2) is 5.11 Å². The summed E-state index contributed by atoms with van der Waals surface area (Å²) in [6.07, 6.45) is 0. The number of phenols is 1. The predicted octanol–water partition coefficient (Wildman–Crippen LogP) is 3.56. The lowest BCUT2D eigenvalue weighted by Gasteiger charge is -2.09. The van der Waals surface area contributed by atoms with Crippen LogP contribution in [0.1, 0.15) is 5.56 Å². The third kappa shape index (κ3) is 2.96. The highest BCUT2D eigenvalue weighted by Crippen LogP contribution is 2.21. The molecular formula is C13H9F4NO. The van der Waals surface area contributed by atoms with Crippen molar-refractivity contribution in [3.63, 3.8) is 0 Å². The third-order valence-electron chi connectivity index (χ3n) is 2.49. The average Bonchev–Trinajstić information content (AvgIpc) is 2.36. The molecule has 0 saturated carbocycles. The van der Waals surface area contributed by atoms with E-state index in [0.717, 1.165) is 18.2 Å². The lowest BCUT2D eigenvalue weighted by molar-refractivity contribution is 0.432. The Bertz CT molecular complexity index is 616. The first-order valence-corrected chi connectivity index (χ1v) is 5.33. The molecule has 2 nitrogen and oxygen atoms in total. The molecule has 100 valence electrons. The number of benzene rings is 2. The average molecular weight is 271 g/mol. The van der Waals surface area contributed by atoms with Crippen molar-refractivity contribution < 1.29 is 22.7 Å². The fraction of sp³-hybridized carbons (Fsp3) is 0.0769. The first-order valence-electron chi connectivity index (χ1n) is 5.33. The van der Waals surface area contributed by atoms with Crippen LogP contribution >= 0.6 is 0 Å². The number of aromatic hydroxyl groups is 1. The van der Waals surface area contributed by atoms with Gasteiger partial charge in [0.2, 0.25) is 0 Å². The second kappa shape index (κ2) is 5.17. The van der Waals surface area contributed by atoms with E-state index < -0.39 is 29.0 Å². The Hall–Kier alpha value is -2.24. The van der Waals surface area contributed by atoms with Gasteiger partial charge in [0.15, 0.2) is 23.2 Å². The van der Waals surface area contributed by atoms with Gasteiger partial charge in [-0.3, -0.25) is 0 Å². The van der Waals surface area contributed by atoms with Crippen LogP contribution in [0.3, 0.4) is 0 Å². The lowest BCUT2D eigenvalue weighted by atomic mass is 10.2. The second-order valence-electron chi connectivity index (χ2n) is 3.89. The van der Waals surface area contributed by atoms with Gasteiger partial charge in [-0.25, -0.2) is 17.6 Å². The lowest BCUT2D eigenvalue weighted by Crippen LogP contribution is -2.04. The van der Waals surface area contributed by atoms with Gasteiger partial charge in [0.1, 0.15) is 5.82 Å². The van der Waals surface area contributed by atoms with Crippen LogP contribution in [0.2, 0.25) is 0 Å². The third-order valence-corrected chi connectivity index (χ3v) is 2.49. The fourth-order valence-electron chi connectivity index (χ4n) is 1.54. The Kier molecular flexibility index (Phi) is 3.59. The molecule has 2 aromatic rings. The van der Waals surface area contributed by atoms with Crippen molar-refractivity contribution in [1.82, 2.24) is 0 Å². The van der Waals surface area contributed by atoms with Gasteiger partial charge in [-0.15, -0.1) is 0 Å². The molecule has 2 N–H and O–H groups in total. The Balaban J connectivity index is 2.16. The van der Waals surface area contributed by atoms with Crippen molar-refractivity contribution in [2.75, 3.05) is 5.32 Å². The first kappa shape index (κ1) is 13.2. The van der Waals surface area contributed by atoms with Crippen LogP contribution in [0.5, 0.6) is 5.75 Å². The highest BCUT2D eigenvalue weighted by Gasteiger charge is 2.11. The van der Waals surface area contributed by atoms with Crippen LogP contribution in [0, 0.1) is 23.3 Å². The molecule has 0 heterocycles. The Morgan fingerprint density at radius 1 is 0.947 bits per heavy atom. The standard InChI is InChI=1S/C13H9F4NO/c14-8-4-10(16)13(17)11(5-8)18-6-7-1-2-12(19)9(15)3-7/h1-5,18-19H,6H2. The van der Waals surface area contributed by atoms with Crippen molar-refractivity contribution in [3.8, 4) is 5.75 Å². The van der Waals surface area contributed by atoms with Gasteiger partial charge in [0.05, 0.1) is 5.69 Å². The summed E-state index contributed by atoms with van der Waals surface area (Å²) in [7, 11) is 0. The van der Waals surface area contributed by atoms with Gasteiger partial charge in [-0.05, 0) is 17.7 Å². The van der Waals surface area contributed by atoms with E-state index in [9.17, 15) is 17.6 Å². The number of halogens is 4. The Labute approximate surface area is 106 Å². The van der Waals surface area contributed by atoms with Crippen molar-refractivity contribution in [2.24, 2.45) is 0 Å².